The topological polar surface area (TPSA) is 52.6 Å². The minimum absolute atomic E-state index is 0.118. The minimum Gasteiger partial charge on any atom is -0.465 e. The Morgan fingerprint density at radius 2 is 0.737 bits per heavy atom. The van der Waals surface area contributed by atoms with E-state index < -0.39 is 0 Å². The first-order valence-electron chi connectivity index (χ1n) is 16.3. The summed E-state index contributed by atoms with van der Waals surface area (Å²) in [4.78, 5) is 25.6. The molecule has 0 aliphatic heterocycles. The second-order valence-corrected chi connectivity index (χ2v) is 13.4. The van der Waals surface area contributed by atoms with Crippen molar-refractivity contribution in [3.63, 3.8) is 0 Å². The lowest BCUT2D eigenvalue weighted by atomic mass is 10.1. The Kier molecular flexibility index (Phi) is 29.3. The number of rotatable bonds is 29. The van der Waals surface area contributed by atoms with Crippen molar-refractivity contribution in [2.45, 2.75) is 179 Å². The zero-order valence-corrected chi connectivity index (χ0v) is 27.2. The van der Waals surface area contributed by atoms with Gasteiger partial charge < -0.3 is 9.47 Å². The van der Waals surface area contributed by atoms with Crippen LogP contribution in [0.2, 0.25) is 0 Å². The third kappa shape index (κ3) is 23.5. The van der Waals surface area contributed by atoms with Crippen LogP contribution in [0.15, 0.2) is 0 Å². The van der Waals surface area contributed by atoms with Crippen LogP contribution in [-0.4, -0.2) is 35.7 Å². The van der Waals surface area contributed by atoms with Crippen molar-refractivity contribution in [1.82, 2.24) is 0 Å². The molecule has 0 aliphatic carbocycles. The van der Waals surface area contributed by atoms with Crippen LogP contribution in [0.3, 0.4) is 0 Å². The van der Waals surface area contributed by atoms with Gasteiger partial charge in [0.2, 0.25) is 0 Å². The standard InChI is InChI=1S/C32H62O4S2/c1-5-9-11-13-15-17-19-21-23-25-29(31(33)35-27-7-3)37-38-30(32(34)36-28-8-4)26-24-22-20-18-16-14-12-10-6-2/h29-30H,5-28H2,1-4H3. The molecule has 0 saturated carbocycles. The summed E-state index contributed by atoms with van der Waals surface area (Å²) in [6, 6.07) is 0. The fraction of sp³-hybridized carbons (Fsp3) is 0.938. The highest BCUT2D eigenvalue weighted by atomic mass is 33.1. The van der Waals surface area contributed by atoms with Crippen LogP contribution >= 0.6 is 21.6 Å². The van der Waals surface area contributed by atoms with Gasteiger partial charge in [-0.1, -0.05) is 165 Å². The normalized spacial score (nSPS) is 12.8. The Hall–Kier alpha value is -0.360. The highest BCUT2D eigenvalue weighted by molar-refractivity contribution is 8.77. The maximum atomic E-state index is 12.8. The van der Waals surface area contributed by atoms with E-state index in [1.54, 1.807) is 21.6 Å². The summed E-state index contributed by atoms with van der Waals surface area (Å²) >= 11 is 0. The number of ether oxygens (including phenoxy) is 2. The summed E-state index contributed by atoms with van der Waals surface area (Å²) in [6.07, 6.45) is 26.1. The van der Waals surface area contributed by atoms with Crippen LogP contribution < -0.4 is 0 Å². The SMILES string of the molecule is CCCCCCCCCCCC(SSC(CCCCCCCCCCC)C(=O)OCCC)C(=O)OCCC. The Bertz CT molecular complexity index is 484. The molecule has 0 bridgehead atoms. The zero-order valence-electron chi connectivity index (χ0n) is 25.6. The average molecular weight is 575 g/mol. The Balaban J connectivity index is 4.57. The van der Waals surface area contributed by atoms with Gasteiger partial charge in [0.1, 0.15) is 10.5 Å². The molecule has 0 heterocycles. The van der Waals surface area contributed by atoms with E-state index in [4.69, 9.17) is 9.47 Å². The van der Waals surface area contributed by atoms with Crippen molar-refractivity contribution in [2.75, 3.05) is 13.2 Å². The molecule has 0 aromatic heterocycles. The molecule has 0 spiro atoms. The van der Waals surface area contributed by atoms with Crippen molar-refractivity contribution in [3.8, 4) is 0 Å². The second-order valence-electron chi connectivity index (χ2n) is 10.7. The van der Waals surface area contributed by atoms with Crippen molar-refractivity contribution < 1.29 is 19.1 Å². The number of carbonyl (C=O) groups is 2. The first kappa shape index (κ1) is 37.6. The van der Waals surface area contributed by atoms with E-state index in [-0.39, 0.29) is 22.4 Å². The predicted molar refractivity (Wildman–Crippen MR) is 169 cm³/mol. The van der Waals surface area contributed by atoms with Crippen LogP contribution in [0.5, 0.6) is 0 Å². The van der Waals surface area contributed by atoms with Gasteiger partial charge in [-0.2, -0.15) is 0 Å². The van der Waals surface area contributed by atoms with Gasteiger partial charge in [0.05, 0.1) is 13.2 Å². The molecule has 226 valence electrons. The zero-order chi connectivity index (χ0) is 28.1. The lowest BCUT2D eigenvalue weighted by Gasteiger charge is -2.19. The number of esters is 2. The van der Waals surface area contributed by atoms with E-state index in [1.165, 1.54) is 89.9 Å². The molecule has 0 aromatic carbocycles. The van der Waals surface area contributed by atoms with Gasteiger partial charge in [0, 0.05) is 0 Å². The molecule has 4 nitrogen and oxygen atoms in total. The summed E-state index contributed by atoms with van der Waals surface area (Å²) < 4.78 is 11.0. The lowest BCUT2D eigenvalue weighted by Crippen LogP contribution is -2.23. The molecule has 0 aliphatic rings. The van der Waals surface area contributed by atoms with Gasteiger partial charge in [-0.25, -0.2) is 0 Å². The minimum atomic E-state index is -0.208. The smallest absolute Gasteiger partial charge is 0.319 e. The van der Waals surface area contributed by atoms with E-state index in [0.29, 0.717) is 13.2 Å². The maximum Gasteiger partial charge on any atom is 0.319 e. The van der Waals surface area contributed by atoms with Gasteiger partial charge in [-0.15, -0.1) is 0 Å². The first-order chi connectivity index (χ1) is 18.6. The fourth-order valence-corrected chi connectivity index (χ4v) is 7.36. The average Bonchev–Trinajstić information content (AvgIpc) is 2.92. The third-order valence-electron chi connectivity index (χ3n) is 6.85. The highest BCUT2D eigenvalue weighted by Gasteiger charge is 2.26. The second kappa shape index (κ2) is 29.6. The van der Waals surface area contributed by atoms with Gasteiger partial charge >= 0.3 is 11.9 Å². The van der Waals surface area contributed by atoms with Crippen molar-refractivity contribution >= 4 is 33.5 Å². The molecule has 38 heavy (non-hydrogen) atoms. The lowest BCUT2D eigenvalue weighted by molar-refractivity contribution is -0.144. The van der Waals surface area contributed by atoms with E-state index >= 15 is 0 Å². The van der Waals surface area contributed by atoms with Crippen molar-refractivity contribution in [3.05, 3.63) is 0 Å². The number of unbranched alkanes of at least 4 members (excludes halogenated alkanes) is 16. The van der Waals surface area contributed by atoms with Crippen LogP contribution in [0.1, 0.15) is 169 Å². The summed E-state index contributed by atoms with van der Waals surface area (Å²) in [5, 5.41) is -0.415. The number of hydrogen-bond donors (Lipinski definition) is 0. The number of hydrogen-bond acceptors (Lipinski definition) is 6. The van der Waals surface area contributed by atoms with Crippen molar-refractivity contribution in [1.29, 1.82) is 0 Å². The summed E-state index contributed by atoms with van der Waals surface area (Å²) in [5.74, 6) is -0.236. The predicted octanol–water partition coefficient (Wildman–Crippen LogP) is 10.9. The molecular weight excluding hydrogens is 512 g/mol. The van der Waals surface area contributed by atoms with E-state index in [9.17, 15) is 9.59 Å². The van der Waals surface area contributed by atoms with E-state index in [2.05, 4.69) is 13.8 Å². The quantitative estimate of drug-likeness (QED) is 0.0503. The molecule has 2 unspecified atom stereocenters. The third-order valence-corrected chi connectivity index (χ3v) is 10.0. The van der Waals surface area contributed by atoms with Crippen LogP contribution in [0.4, 0.5) is 0 Å². The summed E-state index contributed by atoms with van der Waals surface area (Å²) in [5.41, 5.74) is 0. The van der Waals surface area contributed by atoms with E-state index in [1.807, 2.05) is 13.8 Å². The van der Waals surface area contributed by atoms with Gasteiger partial charge in [0.15, 0.2) is 0 Å². The van der Waals surface area contributed by atoms with Gasteiger partial charge in [0.25, 0.3) is 0 Å². The molecule has 0 saturated heterocycles. The van der Waals surface area contributed by atoms with E-state index in [0.717, 1.165) is 51.4 Å². The molecular formula is C32H62O4S2. The molecule has 0 N–H and O–H groups in total. The largest absolute Gasteiger partial charge is 0.465 e. The fourth-order valence-electron chi connectivity index (χ4n) is 4.42. The Morgan fingerprint density at radius 1 is 0.447 bits per heavy atom. The molecule has 0 aromatic rings. The molecule has 0 rings (SSSR count). The Morgan fingerprint density at radius 3 is 1.03 bits per heavy atom. The first-order valence-corrected chi connectivity index (χ1v) is 18.5. The van der Waals surface area contributed by atoms with Crippen LogP contribution in [0, 0.1) is 0 Å². The molecule has 0 fully saturated rings. The van der Waals surface area contributed by atoms with Gasteiger partial charge in [-0.05, 0) is 25.7 Å². The van der Waals surface area contributed by atoms with Gasteiger partial charge in [-0.3, -0.25) is 9.59 Å². The Labute approximate surface area is 244 Å². The van der Waals surface area contributed by atoms with Crippen LogP contribution in [-0.2, 0) is 19.1 Å². The molecule has 2 atom stereocenters. The molecule has 0 radical (unpaired) electrons. The van der Waals surface area contributed by atoms with Crippen LogP contribution in [0.25, 0.3) is 0 Å². The molecule has 0 amide bonds. The maximum absolute atomic E-state index is 12.8. The van der Waals surface area contributed by atoms with Crippen molar-refractivity contribution in [2.24, 2.45) is 0 Å². The number of carbonyl (C=O) groups excluding carboxylic acids is 2. The monoisotopic (exact) mass is 574 g/mol. The summed E-state index contributed by atoms with van der Waals surface area (Å²) in [7, 11) is 3.10. The summed E-state index contributed by atoms with van der Waals surface area (Å²) in [6.45, 7) is 9.50. The molecule has 6 heteroatoms. The highest BCUT2D eigenvalue weighted by Crippen LogP contribution is 2.37.